The lowest BCUT2D eigenvalue weighted by atomic mass is 9.98. The third-order valence-corrected chi connectivity index (χ3v) is 2.82. The van der Waals surface area contributed by atoms with Crippen molar-refractivity contribution in [1.29, 1.82) is 0 Å². The summed E-state index contributed by atoms with van der Waals surface area (Å²) >= 11 is 0. The first-order chi connectivity index (χ1) is 9.99. The van der Waals surface area contributed by atoms with E-state index in [1.807, 2.05) is 0 Å². The zero-order chi connectivity index (χ0) is 15.8. The van der Waals surface area contributed by atoms with Crippen LogP contribution in [0, 0.1) is 5.92 Å². The van der Waals surface area contributed by atoms with E-state index in [1.165, 1.54) is 0 Å². The van der Waals surface area contributed by atoms with Crippen molar-refractivity contribution in [2.45, 2.75) is 20.3 Å². The number of hydrogen-bond donors (Lipinski definition) is 1. The highest BCUT2D eigenvalue weighted by atomic mass is 16.6. The fourth-order valence-electron chi connectivity index (χ4n) is 1.79. The summed E-state index contributed by atoms with van der Waals surface area (Å²) in [7, 11) is 0. The minimum absolute atomic E-state index is 0.150. The van der Waals surface area contributed by atoms with Gasteiger partial charge in [0.15, 0.2) is 5.92 Å². The van der Waals surface area contributed by atoms with Gasteiger partial charge in [0.25, 0.3) is 0 Å². The average Bonchev–Trinajstić information content (AvgIpc) is 2.45. The van der Waals surface area contributed by atoms with Gasteiger partial charge >= 0.3 is 11.9 Å². The summed E-state index contributed by atoms with van der Waals surface area (Å²) in [5, 5.41) is 0. The van der Waals surface area contributed by atoms with E-state index in [4.69, 9.17) is 15.2 Å². The van der Waals surface area contributed by atoms with Crippen LogP contribution in [0.25, 0.3) is 0 Å². The lowest BCUT2D eigenvalue weighted by Crippen LogP contribution is -2.30. The molecular formula is C15H19NO5. The van der Waals surface area contributed by atoms with Crippen molar-refractivity contribution in [2.24, 2.45) is 11.7 Å². The summed E-state index contributed by atoms with van der Waals surface area (Å²) < 4.78 is 9.78. The standard InChI is InChI=1S/C15H19NO5/c1-3-20-14(18)12(15(19)21-4-2)9-10-5-7-11(8-6-10)13(16)17/h5-8,12H,3-4,9H2,1-2H3,(H2,16,17). The number of benzene rings is 1. The molecule has 0 atom stereocenters. The molecule has 0 fully saturated rings. The van der Waals surface area contributed by atoms with E-state index >= 15 is 0 Å². The number of amides is 1. The van der Waals surface area contributed by atoms with Crippen LogP contribution in [0.3, 0.4) is 0 Å². The maximum absolute atomic E-state index is 11.8. The van der Waals surface area contributed by atoms with Gasteiger partial charge in [0.1, 0.15) is 0 Å². The van der Waals surface area contributed by atoms with E-state index in [1.54, 1.807) is 38.1 Å². The van der Waals surface area contributed by atoms with Crippen molar-refractivity contribution in [3.8, 4) is 0 Å². The minimum Gasteiger partial charge on any atom is -0.465 e. The third kappa shape index (κ3) is 4.91. The maximum atomic E-state index is 11.8. The lowest BCUT2D eigenvalue weighted by molar-refractivity contribution is -0.161. The van der Waals surface area contributed by atoms with Crippen molar-refractivity contribution in [1.82, 2.24) is 0 Å². The predicted octanol–water partition coefficient (Wildman–Crippen LogP) is 1.07. The monoisotopic (exact) mass is 293 g/mol. The normalized spacial score (nSPS) is 10.2. The van der Waals surface area contributed by atoms with Crippen LogP contribution in [0.5, 0.6) is 0 Å². The van der Waals surface area contributed by atoms with E-state index in [0.717, 1.165) is 0 Å². The molecule has 2 N–H and O–H groups in total. The lowest BCUT2D eigenvalue weighted by Gasteiger charge is -2.14. The molecular weight excluding hydrogens is 274 g/mol. The largest absolute Gasteiger partial charge is 0.465 e. The Morgan fingerprint density at radius 1 is 1.00 bits per heavy atom. The van der Waals surface area contributed by atoms with Gasteiger partial charge in [-0.2, -0.15) is 0 Å². The summed E-state index contributed by atoms with van der Waals surface area (Å²) in [6.07, 6.45) is 0.150. The van der Waals surface area contributed by atoms with E-state index in [2.05, 4.69) is 0 Å². The first-order valence-electron chi connectivity index (χ1n) is 6.71. The molecule has 21 heavy (non-hydrogen) atoms. The van der Waals surface area contributed by atoms with E-state index in [9.17, 15) is 14.4 Å². The molecule has 6 nitrogen and oxygen atoms in total. The van der Waals surface area contributed by atoms with Crippen molar-refractivity contribution in [3.05, 3.63) is 35.4 Å². The Hall–Kier alpha value is -2.37. The average molecular weight is 293 g/mol. The Labute approximate surface area is 123 Å². The maximum Gasteiger partial charge on any atom is 0.320 e. The van der Waals surface area contributed by atoms with Gasteiger partial charge in [0, 0.05) is 5.56 Å². The number of carbonyl (C=O) groups is 3. The highest BCUT2D eigenvalue weighted by Crippen LogP contribution is 2.14. The van der Waals surface area contributed by atoms with Gasteiger partial charge in [0.2, 0.25) is 5.91 Å². The number of carbonyl (C=O) groups excluding carboxylic acids is 3. The van der Waals surface area contributed by atoms with Crippen molar-refractivity contribution in [3.63, 3.8) is 0 Å². The molecule has 0 saturated carbocycles. The van der Waals surface area contributed by atoms with Gasteiger partial charge in [-0.05, 0) is 38.0 Å². The number of nitrogens with two attached hydrogens (primary N) is 1. The zero-order valence-electron chi connectivity index (χ0n) is 12.1. The first-order valence-corrected chi connectivity index (χ1v) is 6.71. The predicted molar refractivity (Wildman–Crippen MR) is 75.4 cm³/mol. The molecule has 0 saturated heterocycles. The van der Waals surface area contributed by atoms with E-state index in [0.29, 0.717) is 11.1 Å². The quantitative estimate of drug-likeness (QED) is 0.599. The fraction of sp³-hybridized carbons (Fsp3) is 0.400. The molecule has 1 rings (SSSR count). The second-order valence-electron chi connectivity index (χ2n) is 4.32. The van der Waals surface area contributed by atoms with Crippen LogP contribution in [-0.2, 0) is 25.5 Å². The number of rotatable bonds is 7. The smallest absolute Gasteiger partial charge is 0.320 e. The summed E-state index contributed by atoms with van der Waals surface area (Å²) in [5.74, 6) is -2.77. The van der Waals surface area contributed by atoms with Gasteiger partial charge in [-0.1, -0.05) is 12.1 Å². The van der Waals surface area contributed by atoms with Crippen molar-refractivity contribution >= 4 is 17.8 Å². The minimum atomic E-state index is -1.01. The molecule has 0 aliphatic rings. The number of hydrogen-bond acceptors (Lipinski definition) is 5. The third-order valence-electron chi connectivity index (χ3n) is 2.82. The van der Waals surface area contributed by atoms with Crippen LogP contribution < -0.4 is 5.73 Å². The van der Waals surface area contributed by atoms with Gasteiger partial charge in [-0.15, -0.1) is 0 Å². The molecule has 6 heteroatoms. The second-order valence-corrected chi connectivity index (χ2v) is 4.32. The Morgan fingerprint density at radius 2 is 1.48 bits per heavy atom. The van der Waals surface area contributed by atoms with E-state index < -0.39 is 23.8 Å². The summed E-state index contributed by atoms with van der Waals surface area (Å²) in [5.41, 5.74) is 6.23. The van der Waals surface area contributed by atoms with Crippen LogP contribution >= 0.6 is 0 Å². The second kappa shape index (κ2) is 8.04. The van der Waals surface area contributed by atoms with Gasteiger partial charge < -0.3 is 15.2 Å². The first kappa shape index (κ1) is 16.7. The molecule has 0 spiro atoms. The van der Waals surface area contributed by atoms with E-state index in [-0.39, 0.29) is 19.6 Å². The molecule has 0 aliphatic heterocycles. The molecule has 1 aromatic rings. The van der Waals surface area contributed by atoms with Gasteiger partial charge in [0.05, 0.1) is 13.2 Å². The van der Waals surface area contributed by atoms with Crippen LogP contribution in [0.15, 0.2) is 24.3 Å². The van der Waals surface area contributed by atoms with Gasteiger partial charge in [-0.25, -0.2) is 0 Å². The number of ether oxygens (including phenoxy) is 2. The molecule has 0 radical (unpaired) electrons. The van der Waals surface area contributed by atoms with Crippen LogP contribution in [0.2, 0.25) is 0 Å². The molecule has 0 aliphatic carbocycles. The van der Waals surface area contributed by atoms with Crippen molar-refractivity contribution in [2.75, 3.05) is 13.2 Å². The SMILES string of the molecule is CCOC(=O)C(Cc1ccc(C(N)=O)cc1)C(=O)OCC. The zero-order valence-corrected chi connectivity index (χ0v) is 12.1. The molecule has 1 amide bonds. The molecule has 1 aromatic carbocycles. The molecule has 0 bridgehead atoms. The highest BCUT2D eigenvalue weighted by molar-refractivity contribution is 5.95. The summed E-state index contributed by atoms with van der Waals surface area (Å²) in [6, 6.07) is 6.38. The highest BCUT2D eigenvalue weighted by Gasteiger charge is 2.29. The number of primary amides is 1. The van der Waals surface area contributed by atoms with Crippen molar-refractivity contribution < 1.29 is 23.9 Å². The Kier molecular flexibility index (Phi) is 6.39. The Bertz CT molecular complexity index is 491. The van der Waals surface area contributed by atoms with Crippen LogP contribution in [0.1, 0.15) is 29.8 Å². The fourth-order valence-corrected chi connectivity index (χ4v) is 1.79. The van der Waals surface area contributed by atoms with Crippen LogP contribution in [-0.4, -0.2) is 31.1 Å². The Balaban J connectivity index is 2.86. The molecule has 114 valence electrons. The topological polar surface area (TPSA) is 95.7 Å². The summed E-state index contributed by atoms with van der Waals surface area (Å²) in [4.78, 5) is 34.7. The number of esters is 2. The van der Waals surface area contributed by atoms with Gasteiger partial charge in [-0.3, -0.25) is 14.4 Å². The molecule has 0 aromatic heterocycles. The van der Waals surface area contributed by atoms with Crippen LogP contribution in [0.4, 0.5) is 0 Å². The Morgan fingerprint density at radius 3 is 1.86 bits per heavy atom. The molecule has 0 heterocycles. The summed E-state index contributed by atoms with van der Waals surface area (Å²) in [6.45, 7) is 3.72. The molecule has 0 unspecified atom stereocenters.